The van der Waals surface area contributed by atoms with Crippen LogP contribution in [-0.2, 0) is 0 Å². The van der Waals surface area contributed by atoms with Crippen LogP contribution in [0.4, 0.5) is 13.2 Å². The Morgan fingerprint density at radius 1 is 1.54 bits per heavy atom. The molecule has 0 saturated carbocycles. The molecule has 68 valence electrons. The van der Waals surface area contributed by atoms with Gasteiger partial charge in [-0.3, -0.25) is 4.98 Å². The zero-order valence-electron chi connectivity index (χ0n) is 6.06. The minimum Gasteiger partial charge on any atom is -0.252 e. The highest BCUT2D eigenvalue weighted by Gasteiger charge is 2.19. The Labute approximate surface area is 76.6 Å². The highest BCUT2D eigenvalue weighted by Crippen LogP contribution is 2.28. The van der Waals surface area contributed by atoms with Crippen LogP contribution >= 0.6 is 11.6 Å². The summed E-state index contributed by atoms with van der Waals surface area (Å²) < 4.78 is 37.0. The lowest BCUT2D eigenvalue weighted by atomic mass is 10.2. The summed E-state index contributed by atoms with van der Waals surface area (Å²) in [4.78, 5) is 3.16. The molecule has 1 rings (SSSR count). The van der Waals surface area contributed by atoms with Crippen molar-refractivity contribution >= 4 is 11.6 Å². The van der Waals surface area contributed by atoms with E-state index in [1.165, 1.54) is 6.07 Å². The van der Waals surface area contributed by atoms with Crippen LogP contribution in [0.25, 0.3) is 0 Å². The first-order chi connectivity index (χ1) is 6.07. The summed E-state index contributed by atoms with van der Waals surface area (Å²) in [6.45, 7) is 0. The molecule has 0 N–H and O–H groups in total. The van der Waals surface area contributed by atoms with Crippen molar-refractivity contribution in [2.75, 3.05) is 0 Å². The summed E-state index contributed by atoms with van der Waals surface area (Å²) in [6, 6.07) is 1.44. The number of halogens is 4. The third-order valence-electron chi connectivity index (χ3n) is 1.31. The first-order valence-corrected chi connectivity index (χ1v) is 3.48. The Hall–Kier alpha value is -1.28. The summed E-state index contributed by atoms with van der Waals surface area (Å²) in [6.07, 6.45) is -2.22. The highest BCUT2D eigenvalue weighted by atomic mass is 35.5. The van der Waals surface area contributed by atoms with E-state index in [2.05, 4.69) is 4.98 Å². The molecule has 0 unspecified atom stereocenters. The van der Waals surface area contributed by atoms with Gasteiger partial charge < -0.3 is 0 Å². The van der Waals surface area contributed by atoms with Crippen molar-refractivity contribution < 1.29 is 13.2 Å². The number of pyridine rings is 1. The summed E-state index contributed by atoms with van der Waals surface area (Å²) in [5, 5.41) is 7.50. The molecule has 1 aromatic heterocycles. The van der Waals surface area contributed by atoms with Crippen LogP contribution in [-0.4, -0.2) is 4.98 Å². The fourth-order valence-corrected chi connectivity index (χ4v) is 0.941. The molecular weight excluding hydrogens is 205 g/mol. The molecule has 2 nitrogen and oxygen atoms in total. The van der Waals surface area contributed by atoms with Gasteiger partial charge >= 0.3 is 0 Å². The lowest BCUT2D eigenvalue weighted by molar-refractivity contribution is 0.145. The average molecular weight is 207 g/mol. The van der Waals surface area contributed by atoms with Crippen molar-refractivity contribution in [3.05, 3.63) is 28.3 Å². The second-order valence-electron chi connectivity index (χ2n) is 2.10. The van der Waals surface area contributed by atoms with Gasteiger partial charge in [-0.05, 0) is 0 Å². The summed E-state index contributed by atoms with van der Waals surface area (Å²) >= 11 is 5.20. The standard InChI is InChI=1S/C7H2ClF3N2/c8-4-5(9)3(1-12)2-13-6(4)7(10)11/h2,7H. The van der Waals surface area contributed by atoms with Gasteiger partial charge in [-0.1, -0.05) is 11.6 Å². The van der Waals surface area contributed by atoms with Crippen LogP contribution in [0.1, 0.15) is 17.7 Å². The molecule has 0 aliphatic heterocycles. The number of hydrogen-bond acceptors (Lipinski definition) is 2. The van der Waals surface area contributed by atoms with Gasteiger partial charge in [0.05, 0.1) is 0 Å². The number of nitrogens with zero attached hydrogens (tertiary/aromatic N) is 2. The van der Waals surface area contributed by atoms with E-state index < -0.39 is 28.5 Å². The van der Waals surface area contributed by atoms with E-state index in [9.17, 15) is 13.2 Å². The molecule has 0 atom stereocenters. The van der Waals surface area contributed by atoms with Crippen LogP contribution in [0.2, 0.25) is 5.02 Å². The SMILES string of the molecule is N#Cc1cnc(C(F)F)c(Cl)c1F. The molecule has 0 amide bonds. The predicted molar refractivity (Wildman–Crippen MR) is 38.9 cm³/mol. The third kappa shape index (κ3) is 1.73. The Balaban J connectivity index is 3.33. The minimum absolute atomic E-state index is 0.450. The lowest BCUT2D eigenvalue weighted by Gasteiger charge is -2.02. The molecular formula is C7H2ClF3N2. The van der Waals surface area contributed by atoms with Gasteiger partial charge in [-0.2, -0.15) is 5.26 Å². The Morgan fingerprint density at radius 3 is 2.62 bits per heavy atom. The number of aromatic nitrogens is 1. The van der Waals surface area contributed by atoms with E-state index in [0.29, 0.717) is 0 Å². The first kappa shape index (κ1) is 9.81. The third-order valence-corrected chi connectivity index (χ3v) is 1.67. The van der Waals surface area contributed by atoms with E-state index in [1.54, 1.807) is 0 Å². The largest absolute Gasteiger partial charge is 0.281 e. The van der Waals surface area contributed by atoms with Crippen molar-refractivity contribution in [3.8, 4) is 6.07 Å². The summed E-state index contributed by atoms with van der Waals surface area (Å²) in [5.41, 5.74) is -1.30. The quantitative estimate of drug-likeness (QED) is 0.708. The van der Waals surface area contributed by atoms with Gasteiger partial charge in [0.15, 0.2) is 5.82 Å². The van der Waals surface area contributed by atoms with Crippen molar-refractivity contribution in [2.45, 2.75) is 6.43 Å². The second-order valence-corrected chi connectivity index (χ2v) is 2.48. The zero-order valence-corrected chi connectivity index (χ0v) is 6.82. The van der Waals surface area contributed by atoms with Crippen LogP contribution < -0.4 is 0 Å². The molecule has 6 heteroatoms. The number of alkyl halides is 2. The van der Waals surface area contributed by atoms with Crippen LogP contribution in [0.3, 0.4) is 0 Å². The highest BCUT2D eigenvalue weighted by molar-refractivity contribution is 6.31. The maximum absolute atomic E-state index is 12.9. The number of hydrogen-bond donors (Lipinski definition) is 0. The van der Waals surface area contributed by atoms with Gasteiger partial charge in [0.25, 0.3) is 6.43 Å². The number of rotatable bonds is 1. The second kappa shape index (κ2) is 3.62. The van der Waals surface area contributed by atoms with Crippen molar-refractivity contribution in [3.63, 3.8) is 0 Å². The molecule has 0 saturated heterocycles. The molecule has 1 heterocycles. The van der Waals surface area contributed by atoms with E-state index in [1.807, 2.05) is 0 Å². The van der Waals surface area contributed by atoms with Crippen molar-refractivity contribution in [1.29, 1.82) is 5.26 Å². The molecule has 0 spiro atoms. The van der Waals surface area contributed by atoms with Gasteiger partial charge in [0, 0.05) is 6.20 Å². The molecule has 0 aromatic carbocycles. The van der Waals surface area contributed by atoms with E-state index in [0.717, 1.165) is 6.20 Å². The monoisotopic (exact) mass is 206 g/mol. The topological polar surface area (TPSA) is 36.7 Å². The lowest BCUT2D eigenvalue weighted by Crippen LogP contribution is -1.97. The molecule has 0 aliphatic carbocycles. The van der Waals surface area contributed by atoms with E-state index in [4.69, 9.17) is 16.9 Å². The van der Waals surface area contributed by atoms with Crippen LogP contribution in [0.5, 0.6) is 0 Å². The predicted octanol–water partition coefficient (Wildman–Crippen LogP) is 2.68. The molecule has 0 bridgehead atoms. The summed E-state index contributed by atoms with van der Waals surface area (Å²) in [5.74, 6) is -1.16. The van der Waals surface area contributed by atoms with E-state index in [-0.39, 0.29) is 0 Å². The van der Waals surface area contributed by atoms with Crippen molar-refractivity contribution in [2.24, 2.45) is 0 Å². The normalized spacial score (nSPS) is 10.2. The molecule has 0 fully saturated rings. The fraction of sp³-hybridized carbons (Fsp3) is 0.143. The van der Waals surface area contributed by atoms with Gasteiger partial charge in [0.1, 0.15) is 22.3 Å². The fourth-order valence-electron chi connectivity index (χ4n) is 0.708. The van der Waals surface area contributed by atoms with Crippen molar-refractivity contribution in [1.82, 2.24) is 4.98 Å². The van der Waals surface area contributed by atoms with Gasteiger partial charge in [-0.25, -0.2) is 13.2 Å². The maximum Gasteiger partial charge on any atom is 0.281 e. The Morgan fingerprint density at radius 2 is 2.15 bits per heavy atom. The van der Waals surface area contributed by atoms with Gasteiger partial charge in [-0.15, -0.1) is 0 Å². The van der Waals surface area contributed by atoms with E-state index >= 15 is 0 Å². The molecule has 13 heavy (non-hydrogen) atoms. The average Bonchev–Trinajstić information content (AvgIpc) is 2.09. The maximum atomic E-state index is 12.9. The smallest absolute Gasteiger partial charge is 0.252 e. The van der Waals surface area contributed by atoms with Crippen LogP contribution in [0.15, 0.2) is 6.20 Å². The number of nitriles is 1. The molecule has 1 aromatic rings. The molecule has 0 aliphatic rings. The molecule has 0 radical (unpaired) electrons. The van der Waals surface area contributed by atoms with Crippen LogP contribution in [0, 0.1) is 17.1 Å². The first-order valence-electron chi connectivity index (χ1n) is 3.10. The van der Waals surface area contributed by atoms with Gasteiger partial charge in [0.2, 0.25) is 0 Å². The summed E-state index contributed by atoms with van der Waals surface area (Å²) in [7, 11) is 0. The minimum atomic E-state index is -2.95. The Kier molecular flexibility index (Phi) is 2.73. The zero-order chi connectivity index (χ0) is 10.0. The Bertz CT molecular complexity index is 373.